The molecule has 2 N–H and O–H groups in total. The van der Waals surface area contributed by atoms with E-state index in [0.717, 1.165) is 31.4 Å². The first kappa shape index (κ1) is 17.2. The number of rotatable bonds is 4. The van der Waals surface area contributed by atoms with Crippen molar-refractivity contribution in [2.24, 2.45) is 0 Å². The third-order valence-corrected chi connectivity index (χ3v) is 4.75. The molecule has 1 aromatic heterocycles. The largest absolute Gasteiger partial charge is 0.347 e. The fourth-order valence-corrected chi connectivity index (χ4v) is 3.41. The molecule has 1 aliphatic heterocycles. The van der Waals surface area contributed by atoms with E-state index >= 15 is 0 Å². The van der Waals surface area contributed by atoms with Gasteiger partial charge in [0.1, 0.15) is 6.10 Å². The maximum absolute atomic E-state index is 12.1. The first-order valence-corrected chi connectivity index (χ1v) is 8.94. The molecule has 2 fully saturated rings. The van der Waals surface area contributed by atoms with Gasteiger partial charge in [-0.3, -0.25) is 4.98 Å². The standard InChI is InChI=1S/C18H27N3O3/c1-14(16-8-4-7-11-19-16)21-17(22)20-12-15-13-23-18(24-15)9-5-2-3-6-10-18/h4,7-8,11,14-15H,2-3,5-6,9-10,12-13H2,1H3,(H2,20,21,22)/t14-,15-/m1/s1. The lowest BCUT2D eigenvalue weighted by Crippen LogP contribution is -2.42. The number of nitrogens with one attached hydrogen (secondary N) is 2. The van der Waals surface area contributed by atoms with E-state index in [1.807, 2.05) is 25.1 Å². The Labute approximate surface area is 143 Å². The molecule has 2 atom stereocenters. The molecule has 2 amide bonds. The van der Waals surface area contributed by atoms with Crippen molar-refractivity contribution in [2.45, 2.75) is 63.4 Å². The summed E-state index contributed by atoms with van der Waals surface area (Å²) in [5.74, 6) is -0.402. The van der Waals surface area contributed by atoms with Crippen molar-refractivity contribution in [1.82, 2.24) is 15.6 Å². The lowest BCUT2D eigenvalue weighted by Gasteiger charge is -2.26. The van der Waals surface area contributed by atoms with E-state index in [4.69, 9.17) is 9.47 Å². The molecule has 0 radical (unpaired) electrons. The van der Waals surface area contributed by atoms with Crippen molar-refractivity contribution in [2.75, 3.05) is 13.2 Å². The van der Waals surface area contributed by atoms with Crippen LogP contribution in [0.25, 0.3) is 0 Å². The lowest BCUT2D eigenvalue weighted by molar-refractivity contribution is -0.175. The second-order valence-corrected chi connectivity index (χ2v) is 6.71. The van der Waals surface area contributed by atoms with Gasteiger partial charge in [-0.1, -0.05) is 18.9 Å². The molecule has 24 heavy (non-hydrogen) atoms. The third-order valence-electron chi connectivity index (χ3n) is 4.75. The normalized spacial score (nSPS) is 24.3. The first-order valence-electron chi connectivity index (χ1n) is 8.94. The van der Waals surface area contributed by atoms with E-state index in [2.05, 4.69) is 15.6 Å². The van der Waals surface area contributed by atoms with E-state index in [9.17, 15) is 4.79 Å². The van der Waals surface area contributed by atoms with E-state index in [1.54, 1.807) is 6.20 Å². The van der Waals surface area contributed by atoms with Crippen LogP contribution in [0, 0.1) is 0 Å². The Morgan fingerprint density at radius 2 is 2.12 bits per heavy atom. The second kappa shape index (κ2) is 7.94. The van der Waals surface area contributed by atoms with Gasteiger partial charge in [0.15, 0.2) is 5.79 Å². The quantitative estimate of drug-likeness (QED) is 0.889. The minimum absolute atomic E-state index is 0.0704. The Hall–Kier alpha value is -1.66. The van der Waals surface area contributed by atoms with Crippen LogP contribution in [0.5, 0.6) is 0 Å². The molecule has 6 nitrogen and oxygen atoms in total. The van der Waals surface area contributed by atoms with Gasteiger partial charge in [-0.05, 0) is 31.9 Å². The molecule has 1 saturated heterocycles. The van der Waals surface area contributed by atoms with Gasteiger partial charge in [0.05, 0.1) is 18.3 Å². The highest BCUT2D eigenvalue weighted by molar-refractivity contribution is 5.74. The number of hydrogen-bond donors (Lipinski definition) is 2. The van der Waals surface area contributed by atoms with Crippen LogP contribution < -0.4 is 10.6 Å². The Balaban J connectivity index is 1.42. The molecular formula is C18H27N3O3. The lowest BCUT2D eigenvalue weighted by atomic mass is 10.1. The van der Waals surface area contributed by atoms with Gasteiger partial charge < -0.3 is 20.1 Å². The predicted octanol–water partition coefficient (Wildman–Crippen LogP) is 2.91. The summed E-state index contributed by atoms with van der Waals surface area (Å²) < 4.78 is 12.1. The molecular weight excluding hydrogens is 306 g/mol. The van der Waals surface area contributed by atoms with E-state index in [-0.39, 0.29) is 18.2 Å². The molecule has 1 aliphatic carbocycles. The predicted molar refractivity (Wildman–Crippen MR) is 90.4 cm³/mol. The minimum atomic E-state index is -0.402. The molecule has 0 bridgehead atoms. The molecule has 132 valence electrons. The van der Waals surface area contributed by atoms with E-state index in [0.29, 0.717) is 13.2 Å². The molecule has 1 spiro atoms. The number of pyridine rings is 1. The second-order valence-electron chi connectivity index (χ2n) is 6.71. The van der Waals surface area contributed by atoms with Crippen LogP contribution in [-0.4, -0.2) is 36.1 Å². The van der Waals surface area contributed by atoms with E-state index < -0.39 is 5.79 Å². The Kier molecular flexibility index (Phi) is 5.68. The van der Waals surface area contributed by atoms with Crippen LogP contribution in [0.3, 0.4) is 0 Å². The van der Waals surface area contributed by atoms with Crippen molar-refractivity contribution in [3.05, 3.63) is 30.1 Å². The molecule has 0 unspecified atom stereocenters. The highest BCUT2D eigenvalue weighted by Gasteiger charge is 2.41. The number of amides is 2. The molecule has 1 aromatic rings. The van der Waals surface area contributed by atoms with Crippen LogP contribution in [0.2, 0.25) is 0 Å². The van der Waals surface area contributed by atoms with Gasteiger partial charge in [0.2, 0.25) is 0 Å². The van der Waals surface area contributed by atoms with Gasteiger partial charge in [-0.15, -0.1) is 0 Å². The molecule has 2 aliphatic rings. The number of ether oxygens (including phenoxy) is 2. The maximum Gasteiger partial charge on any atom is 0.315 e. The monoisotopic (exact) mass is 333 g/mol. The summed E-state index contributed by atoms with van der Waals surface area (Å²) in [5, 5.41) is 5.77. The highest BCUT2D eigenvalue weighted by atomic mass is 16.7. The van der Waals surface area contributed by atoms with Crippen molar-refractivity contribution in [3.8, 4) is 0 Å². The Morgan fingerprint density at radius 1 is 1.33 bits per heavy atom. The topological polar surface area (TPSA) is 72.5 Å². The van der Waals surface area contributed by atoms with Gasteiger partial charge in [-0.25, -0.2) is 4.79 Å². The van der Waals surface area contributed by atoms with Crippen molar-refractivity contribution >= 4 is 6.03 Å². The number of carbonyl (C=O) groups is 1. The fraction of sp³-hybridized carbons (Fsp3) is 0.667. The summed E-state index contributed by atoms with van der Waals surface area (Å²) in [6.45, 7) is 2.93. The SMILES string of the molecule is C[C@@H](NC(=O)NC[C@@H]1COC2(CCCCCC2)O1)c1ccccn1. The summed E-state index contributed by atoms with van der Waals surface area (Å²) in [5.41, 5.74) is 0.838. The molecule has 2 heterocycles. The van der Waals surface area contributed by atoms with Gasteiger partial charge >= 0.3 is 6.03 Å². The van der Waals surface area contributed by atoms with Crippen LogP contribution in [0.1, 0.15) is 57.2 Å². The van der Waals surface area contributed by atoms with Crippen LogP contribution in [-0.2, 0) is 9.47 Å². The first-order chi connectivity index (χ1) is 11.7. The molecule has 1 saturated carbocycles. The summed E-state index contributed by atoms with van der Waals surface area (Å²) in [6.07, 6.45) is 8.40. The van der Waals surface area contributed by atoms with Gasteiger partial charge in [0, 0.05) is 25.6 Å². The third kappa shape index (κ3) is 4.45. The molecule has 0 aromatic carbocycles. The van der Waals surface area contributed by atoms with Crippen LogP contribution in [0.15, 0.2) is 24.4 Å². The zero-order valence-electron chi connectivity index (χ0n) is 14.3. The summed E-state index contributed by atoms with van der Waals surface area (Å²) >= 11 is 0. The molecule has 6 heteroatoms. The average Bonchev–Trinajstić information content (AvgIpc) is 2.85. The number of carbonyl (C=O) groups excluding carboxylic acids is 1. The fourth-order valence-electron chi connectivity index (χ4n) is 3.41. The minimum Gasteiger partial charge on any atom is -0.347 e. The zero-order valence-corrected chi connectivity index (χ0v) is 14.3. The summed E-state index contributed by atoms with van der Waals surface area (Å²) in [6, 6.07) is 5.32. The summed E-state index contributed by atoms with van der Waals surface area (Å²) in [4.78, 5) is 16.3. The number of urea groups is 1. The maximum atomic E-state index is 12.1. The van der Waals surface area contributed by atoms with Gasteiger partial charge in [-0.2, -0.15) is 0 Å². The average molecular weight is 333 g/mol. The van der Waals surface area contributed by atoms with Crippen molar-refractivity contribution in [1.29, 1.82) is 0 Å². The Bertz CT molecular complexity index is 530. The molecule has 3 rings (SSSR count). The smallest absolute Gasteiger partial charge is 0.315 e. The van der Waals surface area contributed by atoms with Gasteiger partial charge in [0.25, 0.3) is 0 Å². The Morgan fingerprint density at radius 3 is 2.83 bits per heavy atom. The highest BCUT2D eigenvalue weighted by Crippen LogP contribution is 2.36. The number of hydrogen-bond acceptors (Lipinski definition) is 4. The van der Waals surface area contributed by atoms with Crippen LogP contribution in [0.4, 0.5) is 4.79 Å². The van der Waals surface area contributed by atoms with Crippen molar-refractivity contribution < 1.29 is 14.3 Å². The van der Waals surface area contributed by atoms with E-state index in [1.165, 1.54) is 12.8 Å². The summed E-state index contributed by atoms with van der Waals surface area (Å²) in [7, 11) is 0. The van der Waals surface area contributed by atoms with Crippen molar-refractivity contribution in [3.63, 3.8) is 0 Å². The number of nitrogens with zero attached hydrogens (tertiary/aromatic N) is 1. The zero-order chi connectivity index (χ0) is 16.8. The van der Waals surface area contributed by atoms with Crippen LogP contribution >= 0.6 is 0 Å². The number of aromatic nitrogens is 1.